The first-order valence-corrected chi connectivity index (χ1v) is 10.9. The Labute approximate surface area is 170 Å². The molecule has 0 N–H and O–H groups in total. The average molecular weight is 398 g/mol. The number of hydrogen-bond donors (Lipinski definition) is 0. The van der Waals surface area contributed by atoms with Gasteiger partial charge in [0.1, 0.15) is 0 Å². The van der Waals surface area contributed by atoms with E-state index in [0.717, 1.165) is 49.5 Å². The highest BCUT2D eigenvalue weighted by Gasteiger charge is 2.31. The molecule has 0 spiro atoms. The number of thiazole rings is 1. The van der Waals surface area contributed by atoms with Gasteiger partial charge in [0, 0.05) is 31.9 Å². The average Bonchev–Trinajstić information content (AvgIpc) is 3.16. The van der Waals surface area contributed by atoms with Gasteiger partial charge >= 0.3 is 0 Å². The second kappa shape index (κ2) is 8.03. The van der Waals surface area contributed by atoms with E-state index in [-0.39, 0.29) is 17.7 Å². The normalized spacial score (nSPS) is 21.9. The summed E-state index contributed by atoms with van der Waals surface area (Å²) in [5.74, 6) is 0.541. The predicted octanol–water partition coefficient (Wildman–Crippen LogP) is 3.64. The van der Waals surface area contributed by atoms with Crippen LogP contribution in [0.25, 0.3) is 0 Å². The van der Waals surface area contributed by atoms with Gasteiger partial charge in [-0.05, 0) is 43.6 Å². The molecule has 4 rings (SSSR count). The Kier molecular flexibility index (Phi) is 5.49. The highest BCUT2D eigenvalue weighted by atomic mass is 32.1. The molecule has 1 aliphatic carbocycles. The molecule has 28 heavy (non-hydrogen) atoms. The van der Waals surface area contributed by atoms with Gasteiger partial charge in [0.05, 0.1) is 11.6 Å². The summed E-state index contributed by atoms with van der Waals surface area (Å²) in [5, 5.41) is 0.795. The van der Waals surface area contributed by atoms with Crippen LogP contribution in [-0.2, 0) is 22.4 Å². The predicted molar refractivity (Wildman–Crippen MR) is 112 cm³/mol. The van der Waals surface area contributed by atoms with E-state index in [0.29, 0.717) is 12.5 Å². The van der Waals surface area contributed by atoms with Gasteiger partial charge in [-0.2, -0.15) is 0 Å². The van der Waals surface area contributed by atoms with Crippen molar-refractivity contribution in [3.63, 3.8) is 0 Å². The lowest BCUT2D eigenvalue weighted by Crippen LogP contribution is -2.45. The number of amides is 2. The molecule has 1 fully saturated rings. The van der Waals surface area contributed by atoms with Crippen molar-refractivity contribution in [3.05, 3.63) is 46.5 Å². The molecule has 2 aliphatic rings. The van der Waals surface area contributed by atoms with Crippen molar-refractivity contribution in [2.24, 2.45) is 5.92 Å². The monoisotopic (exact) mass is 397 g/mol. The van der Waals surface area contributed by atoms with Crippen molar-refractivity contribution in [2.75, 3.05) is 25.0 Å². The number of likely N-dealkylation sites (tertiary alicyclic amines) is 1. The van der Waals surface area contributed by atoms with E-state index >= 15 is 0 Å². The maximum absolute atomic E-state index is 13.0. The van der Waals surface area contributed by atoms with Gasteiger partial charge in [-0.25, -0.2) is 4.98 Å². The third-order valence-corrected chi connectivity index (χ3v) is 7.23. The fourth-order valence-electron chi connectivity index (χ4n) is 4.35. The first-order chi connectivity index (χ1) is 13.5. The minimum absolute atomic E-state index is 0.0526. The summed E-state index contributed by atoms with van der Waals surface area (Å²) in [4.78, 5) is 34.3. The van der Waals surface area contributed by atoms with Gasteiger partial charge in [0.25, 0.3) is 0 Å². The number of aryl methyl sites for hydroxylation is 1. The molecule has 148 valence electrons. The summed E-state index contributed by atoms with van der Waals surface area (Å²) in [6.45, 7) is 2.86. The number of carbonyl (C=O) groups is 2. The van der Waals surface area contributed by atoms with Crippen LogP contribution in [0.4, 0.5) is 5.13 Å². The number of benzene rings is 1. The van der Waals surface area contributed by atoms with E-state index in [9.17, 15) is 9.59 Å². The van der Waals surface area contributed by atoms with Crippen LogP contribution in [0.1, 0.15) is 48.2 Å². The van der Waals surface area contributed by atoms with E-state index in [4.69, 9.17) is 4.98 Å². The Morgan fingerprint density at radius 1 is 1.21 bits per heavy atom. The molecule has 2 aromatic rings. The summed E-state index contributed by atoms with van der Waals surface area (Å²) in [6, 6.07) is 10.7. The van der Waals surface area contributed by atoms with Crippen molar-refractivity contribution < 1.29 is 9.59 Å². The summed E-state index contributed by atoms with van der Waals surface area (Å²) >= 11 is 1.65. The number of hydrogen-bond acceptors (Lipinski definition) is 4. The molecular formula is C22H27N3O2S. The Hall–Kier alpha value is -2.21. The third kappa shape index (κ3) is 3.83. The number of piperidine rings is 1. The maximum atomic E-state index is 13.0. The lowest BCUT2D eigenvalue weighted by Gasteiger charge is -2.32. The van der Waals surface area contributed by atoms with Crippen LogP contribution in [-0.4, -0.2) is 41.8 Å². The molecule has 0 saturated carbocycles. The van der Waals surface area contributed by atoms with E-state index in [1.165, 1.54) is 10.4 Å². The zero-order chi connectivity index (χ0) is 19.7. The molecule has 1 aromatic heterocycles. The molecule has 0 bridgehead atoms. The molecule has 0 radical (unpaired) electrons. The lowest BCUT2D eigenvalue weighted by atomic mass is 9.85. The van der Waals surface area contributed by atoms with Crippen molar-refractivity contribution in [2.45, 2.75) is 44.9 Å². The largest absolute Gasteiger partial charge is 0.342 e. The molecule has 1 aliphatic heterocycles. The summed E-state index contributed by atoms with van der Waals surface area (Å²) < 4.78 is 0. The van der Waals surface area contributed by atoms with Gasteiger partial charge in [-0.1, -0.05) is 30.3 Å². The van der Waals surface area contributed by atoms with Gasteiger partial charge in [0.2, 0.25) is 11.8 Å². The maximum Gasteiger partial charge on any atom is 0.233 e. The van der Waals surface area contributed by atoms with Crippen LogP contribution in [0.3, 0.4) is 0 Å². The fraction of sp³-hybridized carbons (Fsp3) is 0.500. The zero-order valence-corrected chi connectivity index (χ0v) is 17.4. The second-order valence-corrected chi connectivity index (χ2v) is 8.98. The highest BCUT2D eigenvalue weighted by Crippen LogP contribution is 2.38. The van der Waals surface area contributed by atoms with Gasteiger partial charge in [-0.3, -0.25) is 14.5 Å². The molecule has 2 atom stereocenters. The number of rotatable bonds is 3. The number of fused-ring (bicyclic) bond motifs is 1. The van der Waals surface area contributed by atoms with E-state index in [1.807, 2.05) is 7.05 Å². The third-order valence-electron chi connectivity index (χ3n) is 6.03. The number of anilines is 1. The van der Waals surface area contributed by atoms with Crippen LogP contribution in [0.5, 0.6) is 0 Å². The molecule has 2 unspecified atom stereocenters. The van der Waals surface area contributed by atoms with Crippen molar-refractivity contribution in [1.29, 1.82) is 0 Å². The van der Waals surface area contributed by atoms with Crippen molar-refractivity contribution in [3.8, 4) is 0 Å². The topological polar surface area (TPSA) is 53.5 Å². The van der Waals surface area contributed by atoms with Crippen LogP contribution in [0, 0.1) is 5.92 Å². The quantitative estimate of drug-likeness (QED) is 0.795. The Bertz CT molecular complexity index is 864. The van der Waals surface area contributed by atoms with E-state index in [2.05, 4.69) is 30.3 Å². The fourth-order valence-corrected chi connectivity index (χ4v) is 5.50. The van der Waals surface area contributed by atoms with Crippen LogP contribution in [0.15, 0.2) is 30.3 Å². The lowest BCUT2D eigenvalue weighted by molar-refractivity contribution is -0.133. The van der Waals surface area contributed by atoms with Crippen molar-refractivity contribution in [1.82, 2.24) is 9.88 Å². The highest BCUT2D eigenvalue weighted by molar-refractivity contribution is 7.16. The SMILES string of the molecule is CC(=O)N1CCCC(C(=O)N(C)c2nc3c(s2)CC(c2ccccc2)CC3)C1. The Morgan fingerprint density at radius 3 is 2.75 bits per heavy atom. The zero-order valence-electron chi connectivity index (χ0n) is 16.6. The second-order valence-electron chi connectivity index (χ2n) is 7.92. The molecule has 1 saturated heterocycles. The summed E-state index contributed by atoms with van der Waals surface area (Å²) in [7, 11) is 1.83. The Morgan fingerprint density at radius 2 is 2.00 bits per heavy atom. The minimum atomic E-state index is -0.124. The number of aromatic nitrogens is 1. The van der Waals surface area contributed by atoms with Crippen molar-refractivity contribution >= 4 is 28.3 Å². The van der Waals surface area contributed by atoms with Crippen LogP contribution >= 0.6 is 11.3 Å². The van der Waals surface area contributed by atoms with E-state index in [1.54, 1.807) is 28.1 Å². The summed E-state index contributed by atoms with van der Waals surface area (Å²) in [5.41, 5.74) is 2.54. The summed E-state index contributed by atoms with van der Waals surface area (Å²) in [6.07, 6.45) is 4.80. The van der Waals surface area contributed by atoms with Crippen LogP contribution in [0.2, 0.25) is 0 Å². The minimum Gasteiger partial charge on any atom is -0.342 e. The molecule has 2 amide bonds. The first-order valence-electron chi connectivity index (χ1n) is 10.1. The molecule has 1 aromatic carbocycles. The van der Waals surface area contributed by atoms with Gasteiger partial charge < -0.3 is 4.90 Å². The smallest absolute Gasteiger partial charge is 0.233 e. The molecule has 6 heteroatoms. The number of nitrogens with zero attached hydrogens (tertiary/aromatic N) is 3. The van der Waals surface area contributed by atoms with Crippen LogP contribution < -0.4 is 4.90 Å². The standard InChI is InChI=1S/C22H27N3O2S/c1-15(26)25-12-6-9-18(14-25)21(27)24(2)22-23-19-11-10-17(13-20(19)28-22)16-7-4-3-5-8-16/h3-5,7-8,17-18H,6,9-14H2,1-2H3. The first kappa shape index (κ1) is 19.1. The van der Waals surface area contributed by atoms with Gasteiger partial charge in [0.15, 0.2) is 5.13 Å². The molecular weight excluding hydrogens is 370 g/mol. The molecule has 5 nitrogen and oxygen atoms in total. The number of carbonyl (C=O) groups excluding carboxylic acids is 2. The molecule has 2 heterocycles. The van der Waals surface area contributed by atoms with Gasteiger partial charge in [-0.15, -0.1) is 11.3 Å². The Balaban J connectivity index is 1.46. The van der Waals surface area contributed by atoms with E-state index < -0.39 is 0 Å².